The van der Waals surface area contributed by atoms with Crippen LogP contribution in [0.4, 0.5) is 4.39 Å². The summed E-state index contributed by atoms with van der Waals surface area (Å²) in [6.45, 7) is -0.574. The number of nitrogens with one attached hydrogen (secondary N) is 1. The highest BCUT2D eigenvalue weighted by Crippen LogP contribution is 2.27. The predicted molar refractivity (Wildman–Crippen MR) is 91.2 cm³/mol. The van der Waals surface area contributed by atoms with Crippen LogP contribution < -0.4 is 4.72 Å². The molecule has 8 nitrogen and oxygen atoms in total. The molecule has 1 fully saturated rings. The van der Waals surface area contributed by atoms with Gasteiger partial charge in [0.15, 0.2) is 0 Å². The SMILES string of the molecule is O=C(c1ccc(S(=O)(=O)NCc2ccco2)cc1)N1CCC(F)(C(=O)O)C1. The van der Waals surface area contributed by atoms with Gasteiger partial charge >= 0.3 is 5.97 Å². The number of alkyl halides is 1. The number of hydrogen-bond donors (Lipinski definition) is 2. The average molecular weight is 396 g/mol. The maximum Gasteiger partial charge on any atom is 0.343 e. The van der Waals surface area contributed by atoms with Gasteiger partial charge in [0.05, 0.1) is 24.2 Å². The van der Waals surface area contributed by atoms with Gasteiger partial charge in [-0.3, -0.25) is 4.79 Å². The van der Waals surface area contributed by atoms with E-state index < -0.39 is 34.1 Å². The van der Waals surface area contributed by atoms with E-state index in [4.69, 9.17) is 9.52 Å². The molecule has 2 N–H and O–H groups in total. The molecule has 1 aromatic carbocycles. The number of carbonyl (C=O) groups excluding carboxylic acids is 1. The fourth-order valence-electron chi connectivity index (χ4n) is 2.74. The van der Waals surface area contributed by atoms with Gasteiger partial charge in [0, 0.05) is 18.5 Å². The zero-order valence-electron chi connectivity index (χ0n) is 14.1. The van der Waals surface area contributed by atoms with Crippen LogP contribution in [-0.2, 0) is 21.4 Å². The molecule has 1 amide bonds. The van der Waals surface area contributed by atoms with E-state index in [1.54, 1.807) is 12.1 Å². The summed E-state index contributed by atoms with van der Waals surface area (Å²) in [6.07, 6.45) is 1.15. The molecule has 0 saturated carbocycles. The first-order chi connectivity index (χ1) is 12.7. The topological polar surface area (TPSA) is 117 Å². The minimum atomic E-state index is -3.80. The van der Waals surface area contributed by atoms with Crippen LogP contribution in [0.25, 0.3) is 0 Å². The second-order valence-corrected chi connectivity index (χ2v) is 7.94. The van der Waals surface area contributed by atoms with Crippen LogP contribution in [0.15, 0.2) is 52.0 Å². The third-order valence-corrected chi connectivity index (χ3v) is 5.74. The van der Waals surface area contributed by atoms with Crippen molar-refractivity contribution in [3.63, 3.8) is 0 Å². The molecule has 2 aromatic rings. The van der Waals surface area contributed by atoms with E-state index in [2.05, 4.69) is 4.72 Å². The van der Waals surface area contributed by atoms with Crippen molar-refractivity contribution in [1.82, 2.24) is 9.62 Å². The van der Waals surface area contributed by atoms with Crippen molar-refractivity contribution >= 4 is 21.9 Å². The molecule has 1 unspecified atom stereocenters. The molecule has 0 bridgehead atoms. The Bertz CT molecular complexity index is 942. The molecule has 0 radical (unpaired) electrons. The Morgan fingerprint density at radius 1 is 1.26 bits per heavy atom. The van der Waals surface area contributed by atoms with Gasteiger partial charge in [0.2, 0.25) is 15.7 Å². The first-order valence-electron chi connectivity index (χ1n) is 8.05. The standard InChI is InChI=1S/C17H17FN2O6S/c18-17(16(22)23)7-8-20(11-17)15(21)12-3-5-14(6-4-12)27(24,25)19-10-13-2-1-9-26-13/h1-6,9,19H,7-8,10-11H2,(H,22,23). The Hall–Kier alpha value is -2.72. The summed E-state index contributed by atoms with van der Waals surface area (Å²) in [5.41, 5.74) is -2.30. The number of carboxylic acid groups (broad SMARTS) is 1. The number of halogens is 1. The second kappa shape index (κ2) is 7.12. The number of furan rings is 1. The molecule has 27 heavy (non-hydrogen) atoms. The molecule has 0 spiro atoms. The lowest BCUT2D eigenvalue weighted by molar-refractivity contribution is -0.149. The minimum absolute atomic E-state index is 0.0163. The maximum atomic E-state index is 14.1. The number of carbonyl (C=O) groups is 2. The van der Waals surface area contributed by atoms with E-state index in [1.165, 1.54) is 30.5 Å². The summed E-state index contributed by atoms with van der Waals surface area (Å²) in [4.78, 5) is 24.4. The molecule has 1 atom stereocenters. The largest absolute Gasteiger partial charge is 0.479 e. The molecule has 1 saturated heterocycles. The third-order valence-electron chi connectivity index (χ3n) is 4.32. The Morgan fingerprint density at radius 3 is 2.52 bits per heavy atom. The average Bonchev–Trinajstić information content (AvgIpc) is 3.30. The van der Waals surface area contributed by atoms with Crippen LogP contribution in [0.5, 0.6) is 0 Å². The van der Waals surface area contributed by atoms with Gasteiger partial charge in [0.25, 0.3) is 5.91 Å². The van der Waals surface area contributed by atoms with Crippen LogP contribution in [0.2, 0.25) is 0 Å². The highest BCUT2D eigenvalue weighted by atomic mass is 32.2. The zero-order valence-corrected chi connectivity index (χ0v) is 14.9. The molecule has 3 rings (SSSR count). The summed E-state index contributed by atoms with van der Waals surface area (Å²) >= 11 is 0. The van der Waals surface area contributed by atoms with Crippen molar-refractivity contribution in [2.45, 2.75) is 23.5 Å². The minimum Gasteiger partial charge on any atom is -0.479 e. The monoisotopic (exact) mass is 396 g/mol. The number of benzene rings is 1. The summed E-state index contributed by atoms with van der Waals surface area (Å²) in [5, 5.41) is 8.89. The van der Waals surface area contributed by atoms with Crippen LogP contribution in [0.1, 0.15) is 22.5 Å². The number of likely N-dealkylation sites (tertiary alicyclic amines) is 1. The number of aliphatic carboxylic acids is 1. The lowest BCUT2D eigenvalue weighted by atomic mass is 10.1. The predicted octanol–water partition coefficient (Wildman–Crippen LogP) is 1.40. The second-order valence-electron chi connectivity index (χ2n) is 6.18. The highest BCUT2D eigenvalue weighted by molar-refractivity contribution is 7.89. The molecule has 1 aliphatic heterocycles. The molecule has 10 heteroatoms. The lowest BCUT2D eigenvalue weighted by Crippen LogP contribution is -2.38. The number of hydrogen-bond acceptors (Lipinski definition) is 5. The number of sulfonamides is 1. The first-order valence-corrected chi connectivity index (χ1v) is 9.53. The Morgan fingerprint density at radius 2 is 1.96 bits per heavy atom. The maximum absolute atomic E-state index is 14.1. The van der Waals surface area contributed by atoms with Crippen molar-refractivity contribution < 1.29 is 31.9 Å². The van der Waals surface area contributed by atoms with Crippen molar-refractivity contribution in [2.24, 2.45) is 0 Å². The van der Waals surface area contributed by atoms with E-state index in [9.17, 15) is 22.4 Å². The lowest BCUT2D eigenvalue weighted by Gasteiger charge is -2.18. The number of rotatable bonds is 6. The third kappa shape index (κ3) is 4.01. The van der Waals surface area contributed by atoms with Crippen molar-refractivity contribution in [3.8, 4) is 0 Å². The molecular formula is C17H17FN2O6S. The van der Waals surface area contributed by atoms with Gasteiger partial charge in [-0.25, -0.2) is 22.3 Å². The Kier molecular flexibility index (Phi) is 5.03. The smallest absolute Gasteiger partial charge is 0.343 e. The highest BCUT2D eigenvalue weighted by Gasteiger charge is 2.47. The van der Waals surface area contributed by atoms with Gasteiger partial charge in [-0.1, -0.05) is 0 Å². The van der Waals surface area contributed by atoms with Crippen molar-refractivity contribution in [2.75, 3.05) is 13.1 Å². The molecular weight excluding hydrogens is 379 g/mol. The van der Waals surface area contributed by atoms with E-state index in [1.807, 2.05) is 0 Å². The molecule has 1 aliphatic rings. The van der Waals surface area contributed by atoms with Gasteiger partial charge in [-0.2, -0.15) is 0 Å². The summed E-state index contributed by atoms with van der Waals surface area (Å²) < 4.78 is 46.0. The van der Waals surface area contributed by atoms with E-state index >= 15 is 0 Å². The van der Waals surface area contributed by atoms with Crippen LogP contribution in [0, 0.1) is 0 Å². The fourth-order valence-corrected chi connectivity index (χ4v) is 3.74. The van der Waals surface area contributed by atoms with Gasteiger partial charge in [-0.05, 0) is 36.4 Å². The Balaban J connectivity index is 1.68. The summed E-state index contributed by atoms with van der Waals surface area (Å²) in [7, 11) is -3.80. The van der Waals surface area contributed by atoms with Crippen molar-refractivity contribution in [1.29, 1.82) is 0 Å². The van der Waals surface area contributed by atoms with E-state index in [-0.39, 0.29) is 30.0 Å². The number of carboxylic acids is 1. The zero-order chi connectivity index (χ0) is 19.7. The Labute approximate surface area is 154 Å². The normalized spacial score (nSPS) is 20.0. The van der Waals surface area contributed by atoms with Gasteiger partial charge < -0.3 is 14.4 Å². The number of amides is 1. The molecule has 144 valence electrons. The summed E-state index contributed by atoms with van der Waals surface area (Å²) in [5.74, 6) is -1.70. The van der Waals surface area contributed by atoms with Crippen molar-refractivity contribution in [3.05, 3.63) is 54.0 Å². The molecule has 0 aliphatic carbocycles. The number of nitrogens with zero attached hydrogens (tertiary/aromatic N) is 1. The van der Waals surface area contributed by atoms with Crippen LogP contribution in [0.3, 0.4) is 0 Å². The summed E-state index contributed by atoms with van der Waals surface area (Å²) in [6, 6.07) is 8.40. The molecule has 2 heterocycles. The van der Waals surface area contributed by atoms with Crippen LogP contribution >= 0.6 is 0 Å². The van der Waals surface area contributed by atoms with E-state index in [0.29, 0.717) is 5.76 Å². The van der Waals surface area contributed by atoms with Gasteiger partial charge in [-0.15, -0.1) is 0 Å². The quantitative estimate of drug-likeness (QED) is 0.762. The first kappa shape index (κ1) is 19.1. The fraction of sp³-hybridized carbons (Fsp3) is 0.294. The van der Waals surface area contributed by atoms with E-state index in [0.717, 1.165) is 4.90 Å². The molecule has 1 aromatic heterocycles. The van der Waals surface area contributed by atoms with Gasteiger partial charge in [0.1, 0.15) is 5.76 Å². The van der Waals surface area contributed by atoms with Crippen LogP contribution in [-0.4, -0.2) is 49.1 Å².